The van der Waals surface area contributed by atoms with Gasteiger partial charge in [-0.25, -0.2) is 9.97 Å². The highest BCUT2D eigenvalue weighted by atomic mass is 32.1. The minimum atomic E-state index is -0.138. The highest BCUT2D eigenvalue weighted by molar-refractivity contribution is 7.20. The molecule has 0 saturated carbocycles. The molecule has 0 unspecified atom stereocenters. The van der Waals surface area contributed by atoms with Crippen LogP contribution in [-0.2, 0) is 6.61 Å². The molecule has 1 N–H and O–H groups in total. The Kier molecular flexibility index (Phi) is 5.27. The molecule has 6 heteroatoms. The zero-order chi connectivity index (χ0) is 20.4. The third kappa shape index (κ3) is 4.12. The molecule has 0 aliphatic carbocycles. The molecule has 0 bridgehead atoms. The Balaban J connectivity index is 1.47. The van der Waals surface area contributed by atoms with Crippen LogP contribution in [0.2, 0.25) is 0 Å². The van der Waals surface area contributed by atoms with Crippen molar-refractivity contribution in [2.45, 2.75) is 27.4 Å². The van der Waals surface area contributed by atoms with E-state index < -0.39 is 0 Å². The maximum atomic E-state index is 12.8. The summed E-state index contributed by atoms with van der Waals surface area (Å²) in [5, 5.41) is 3.93. The fourth-order valence-corrected chi connectivity index (χ4v) is 4.43. The van der Waals surface area contributed by atoms with Crippen molar-refractivity contribution in [3.05, 3.63) is 82.1 Å². The van der Waals surface area contributed by atoms with Crippen molar-refractivity contribution in [1.29, 1.82) is 0 Å². The van der Waals surface area contributed by atoms with E-state index in [2.05, 4.69) is 15.3 Å². The Hall–Kier alpha value is -3.25. The van der Waals surface area contributed by atoms with Crippen molar-refractivity contribution in [3.8, 4) is 5.75 Å². The number of thiophene rings is 1. The number of hydrogen-bond acceptors (Lipinski definition) is 5. The highest BCUT2D eigenvalue weighted by Gasteiger charge is 2.18. The summed E-state index contributed by atoms with van der Waals surface area (Å²) in [6.45, 7) is 6.27. The first-order valence-electron chi connectivity index (χ1n) is 9.34. The largest absolute Gasteiger partial charge is 0.489 e. The fourth-order valence-electron chi connectivity index (χ4n) is 3.25. The summed E-state index contributed by atoms with van der Waals surface area (Å²) < 4.78 is 5.79. The topological polar surface area (TPSA) is 64.1 Å². The summed E-state index contributed by atoms with van der Waals surface area (Å²) in [5.74, 6) is 1.33. The van der Waals surface area contributed by atoms with E-state index in [0.29, 0.717) is 17.3 Å². The Labute approximate surface area is 173 Å². The third-order valence-corrected chi connectivity index (χ3v) is 5.83. The van der Waals surface area contributed by atoms with E-state index in [9.17, 15) is 4.79 Å². The first-order chi connectivity index (χ1) is 14.0. The van der Waals surface area contributed by atoms with Gasteiger partial charge in [-0.15, -0.1) is 11.3 Å². The third-order valence-electron chi connectivity index (χ3n) is 4.65. The smallest absolute Gasteiger partial charge is 0.266 e. The van der Waals surface area contributed by atoms with E-state index in [1.807, 2.05) is 75.4 Å². The monoisotopic (exact) mass is 403 g/mol. The van der Waals surface area contributed by atoms with Gasteiger partial charge in [0.05, 0.1) is 4.88 Å². The lowest BCUT2D eigenvalue weighted by atomic mass is 10.1. The number of amides is 1. The maximum Gasteiger partial charge on any atom is 0.266 e. The zero-order valence-corrected chi connectivity index (χ0v) is 17.3. The molecule has 4 aromatic rings. The second kappa shape index (κ2) is 8.01. The molecule has 0 aliphatic rings. The number of benzene rings is 2. The average Bonchev–Trinajstić information content (AvgIpc) is 3.05. The van der Waals surface area contributed by atoms with Crippen LogP contribution < -0.4 is 10.1 Å². The molecule has 2 heterocycles. The van der Waals surface area contributed by atoms with E-state index in [1.165, 1.54) is 11.3 Å². The number of carbonyl (C=O) groups excluding carboxylic acids is 1. The van der Waals surface area contributed by atoms with E-state index >= 15 is 0 Å². The van der Waals surface area contributed by atoms with Crippen molar-refractivity contribution in [1.82, 2.24) is 9.97 Å². The summed E-state index contributed by atoms with van der Waals surface area (Å²) in [7, 11) is 0. The van der Waals surface area contributed by atoms with Crippen LogP contribution in [-0.4, -0.2) is 15.9 Å². The quantitative estimate of drug-likeness (QED) is 0.481. The SMILES string of the molecule is Cc1nc(C)c2c(C)c(C(=O)Nc3ccc(OCc4ccccc4)cc3)sc2n1. The van der Waals surface area contributed by atoms with Crippen molar-refractivity contribution >= 4 is 33.1 Å². The van der Waals surface area contributed by atoms with Gasteiger partial charge < -0.3 is 10.1 Å². The Bertz CT molecular complexity index is 1170. The average molecular weight is 404 g/mol. The standard InChI is InChI=1S/C23H21N3O2S/c1-14-20-15(2)24-16(3)25-23(20)29-21(14)22(27)26-18-9-11-19(12-10-18)28-13-17-7-5-4-6-8-17/h4-12H,13H2,1-3H3,(H,26,27). The van der Waals surface area contributed by atoms with Gasteiger partial charge in [-0.05, 0) is 56.2 Å². The minimum absolute atomic E-state index is 0.138. The number of rotatable bonds is 5. The number of aromatic nitrogens is 2. The summed E-state index contributed by atoms with van der Waals surface area (Å²) >= 11 is 1.40. The molecule has 5 nitrogen and oxygen atoms in total. The van der Waals surface area contributed by atoms with Gasteiger partial charge in [0, 0.05) is 16.8 Å². The number of nitrogens with one attached hydrogen (secondary N) is 1. The first-order valence-corrected chi connectivity index (χ1v) is 10.2. The van der Waals surface area contributed by atoms with Crippen LogP contribution in [0.15, 0.2) is 54.6 Å². The molecule has 0 fully saturated rings. The van der Waals surface area contributed by atoms with Gasteiger partial charge in [0.1, 0.15) is 23.0 Å². The molecule has 2 aromatic heterocycles. The molecule has 146 valence electrons. The van der Waals surface area contributed by atoms with Crippen molar-refractivity contribution in [2.24, 2.45) is 0 Å². The molecule has 2 aromatic carbocycles. The van der Waals surface area contributed by atoms with Crippen LogP contribution in [0.4, 0.5) is 5.69 Å². The highest BCUT2D eigenvalue weighted by Crippen LogP contribution is 2.31. The normalized spacial score (nSPS) is 10.9. The molecule has 0 aliphatic heterocycles. The lowest BCUT2D eigenvalue weighted by Crippen LogP contribution is -2.11. The second-order valence-corrected chi connectivity index (χ2v) is 7.84. The summed E-state index contributed by atoms with van der Waals surface area (Å²) in [5.41, 5.74) is 3.65. The number of aryl methyl sites for hydroxylation is 3. The van der Waals surface area contributed by atoms with E-state index in [-0.39, 0.29) is 5.91 Å². The summed E-state index contributed by atoms with van der Waals surface area (Å²) in [4.78, 5) is 23.2. The first kappa shape index (κ1) is 19.1. The van der Waals surface area contributed by atoms with Crippen LogP contribution in [0, 0.1) is 20.8 Å². The molecule has 4 rings (SSSR count). The zero-order valence-electron chi connectivity index (χ0n) is 16.5. The van der Waals surface area contributed by atoms with Crippen molar-refractivity contribution in [2.75, 3.05) is 5.32 Å². The van der Waals surface area contributed by atoms with E-state index in [1.54, 1.807) is 0 Å². The number of hydrogen-bond donors (Lipinski definition) is 1. The molecule has 0 atom stereocenters. The van der Waals surface area contributed by atoms with Gasteiger partial charge in [0.15, 0.2) is 0 Å². The minimum Gasteiger partial charge on any atom is -0.489 e. The second-order valence-electron chi connectivity index (χ2n) is 6.85. The van der Waals surface area contributed by atoms with Crippen molar-refractivity contribution in [3.63, 3.8) is 0 Å². The number of ether oxygens (including phenoxy) is 1. The Morgan fingerprint density at radius 2 is 1.72 bits per heavy atom. The number of carbonyl (C=O) groups is 1. The van der Waals surface area contributed by atoms with Crippen molar-refractivity contribution < 1.29 is 9.53 Å². The molecular weight excluding hydrogens is 382 g/mol. The van der Waals surface area contributed by atoms with Crippen LogP contribution in [0.3, 0.4) is 0 Å². The summed E-state index contributed by atoms with van der Waals surface area (Å²) in [6.07, 6.45) is 0. The van der Waals surface area contributed by atoms with Crippen LogP contribution in [0.5, 0.6) is 5.75 Å². The fraction of sp³-hybridized carbons (Fsp3) is 0.174. The van der Waals surface area contributed by atoms with Crippen LogP contribution >= 0.6 is 11.3 Å². The lowest BCUT2D eigenvalue weighted by molar-refractivity contribution is 0.103. The predicted octanol–water partition coefficient (Wildman–Crippen LogP) is 5.45. The number of nitrogens with zero attached hydrogens (tertiary/aromatic N) is 2. The molecule has 29 heavy (non-hydrogen) atoms. The maximum absolute atomic E-state index is 12.8. The van der Waals surface area contributed by atoms with E-state index in [4.69, 9.17) is 4.74 Å². The Morgan fingerprint density at radius 1 is 1.00 bits per heavy atom. The molecular formula is C23H21N3O2S. The molecule has 0 radical (unpaired) electrons. The number of fused-ring (bicyclic) bond motifs is 1. The van der Waals surface area contributed by atoms with Crippen LogP contribution in [0.25, 0.3) is 10.2 Å². The lowest BCUT2D eigenvalue weighted by Gasteiger charge is -2.08. The van der Waals surface area contributed by atoms with E-state index in [0.717, 1.165) is 38.5 Å². The Morgan fingerprint density at radius 3 is 2.45 bits per heavy atom. The van der Waals surface area contributed by atoms with Gasteiger partial charge in [-0.3, -0.25) is 4.79 Å². The number of anilines is 1. The predicted molar refractivity (Wildman–Crippen MR) is 117 cm³/mol. The summed E-state index contributed by atoms with van der Waals surface area (Å²) in [6, 6.07) is 17.4. The molecule has 0 spiro atoms. The van der Waals surface area contributed by atoms with Gasteiger partial charge in [0.2, 0.25) is 0 Å². The van der Waals surface area contributed by atoms with Crippen LogP contribution in [0.1, 0.15) is 32.3 Å². The van der Waals surface area contributed by atoms with Gasteiger partial charge in [0.25, 0.3) is 5.91 Å². The van der Waals surface area contributed by atoms with Gasteiger partial charge in [-0.2, -0.15) is 0 Å². The molecule has 1 amide bonds. The van der Waals surface area contributed by atoms with Gasteiger partial charge >= 0.3 is 0 Å². The van der Waals surface area contributed by atoms with Gasteiger partial charge in [-0.1, -0.05) is 30.3 Å². The molecule has 0 saturated heterocycles.